The molecule has 15 heavy (non-hydrogen) atoms. The van der Waals surface area contributed by atoms with E-state index < -0.39 is 12.0 Å². The second-order valence-corrected chi connectivity index (χ2v) is 3.42. The van der Waals surface area contributed by atoms with Crippen molar-refractivity contribution in [1.82, 2.24) is 0 Å². The molecule has 0 amide bonds. The van der Waals surface area contributed by atoms with E-state index in [1.807, 2.05) is 0 Å². The van der Waals surface area contributed by atoms with E-state index in [1.165, 1.54) is 13.2 Å². The molecule has 4 heteroatoms. The van der Waals surface area contributed by atoms with Gasteiger partial charge in [-0.3, -0.25) is 4.79 Å². The smallest absolute Gasteiger partial charge is 0.322 e. The van der Waals surface area contributed by atoms with Crippen LogP contribution in [-0.2, 0) is 16.0 Å². The number of rotatable bonds is 3. The highest BCUT2D eigenvalue weighted by Crippen LogP contribution is 2.10. The van der Waals surface area contributed by atoms with E-state index >= 15 is 0 Å². The zero-order valence-electron chi connectivity index (χ0n) is 8.79. The Bertz CT molecular complexity index is 366. The summed E-state index contributed by atoms with van der Waals surface area (Å²) in [5.41, 5.74) is 6.95. The molecule has 0 bridgehead atoms. The van der Waals surface area contributed by atoms with E-state index in [2.05, 4.69) is 4.74 Å². The average molecular weight is 211 g/mol. The molecule has 1 rings (SSSR count). The predicted octanol–water partition coefficient (Wildman–Crippen LogP) is 1.18. The summed E-state index contributed by atoms with van der Waals surface area (Å²) in [7, 11) is 1.29. The molecular formula is C11H14FNO2. The number of benzene rings is 1. The lowest BCUT2D eigenvalue weighted by Gasteiger charge is -2.09. The third-order valence-electron chi connectivity index (χ3n) is 2.18. The van der Waals surface area contributed by atoms with E-state index in [-0.39, 0.29) is 5.82 Å². The minimum absolute atomic E-state index is 0.259. The lowest BCUT2D eigenvalue weighted by atomic mass is 10.0. The van der Waals surface area contributed by atoms with Crippen LogP contribution in [0.1, 0.15) is 11.1 Å². The minimum atomic E-state index is -0.695. The number of methoxy groups -OCH3 is 1. The van der Waals surface area contributed by atoms with Crippen LogP contribution in [0, 0.1) is 12.7 Å². The molecule has 0 radical (unpaired) electrons. The Morgan fingerprint density at radius 1 is 1.60 bits per heavy atom. The summed E-state index contributed by atoms with van der Waals surface area (Å²) in [5.74, 6) is -0.720. The Balaban J connectivity index is 2.73. The molecule has 0 saturated heterocycles. The van der Waals surface area contributed by atoms with Crippen LogP contribution in [0.25, 0.3) is 0 Å². The Morgan fingerprint density at radius 3 is 2.80 bits per heavy atom. The molecule has 2 N–H and O–H groups in total. The Labute approximate surface area is 88.0 Å². The fourth-order valence-electron chi connectivity index (χ4n) is 1.32. The standard InChI is InChI=1S/C11H14FNO2/c1-7-5-8(3-4-9(7)12)6-10(13)11(14)15-2/h3-5,10H,6,13H2,1-2H3/t10-/m0/s1. The zero-order chi connectivity index (χ0) is 11.4. The molecule has 3 nitrogen and oxygen atoms in total. The van der Waals surface area contributed by atoms with Gasteiger partial charge in [0, 0.05) is 0 Å². The van der Waals surface area contributed by atoms with Crippen molar-refractivity contribution in [2.45, 2.75) is 19.4 Å². The summed E-state index contributed by atoms with van der Waals surface area (Å²) in [5, 5.41) is 0. The second-order valence-electron chi connectivity index (χ2n) is 3.42. The van der Waals surface area contributed by atoms with Crippen LogP contribution in [0.3, 0.4) is 0 Å². The highest BCUT2D eigenvalue weighted by atomic mass is 19.1. The van der Waals surface area contributed by atoms with Crippen molar-refractivity contribution >= 4 is 5.97 Å². The maximum absolute atomic E-state index is 12.9. The van der Waals surface area contributed by atoms with E-state index in [0.29, 0.717) is 12.0 Å². The number of carbonyl (C=O) groups is 1. The lowest BCUT2D eigenvalue weighted by molar-refractivity contribution is -0.142. The summed E-state index contributed by atoms with van der Waals surface area (Å²) in [6.07, 6.45) is 0.355. The molecule has 0 aromatic heterocycles. The van der Waals surface area contributed by atoms with Gasteiger partial charge in [0.1, 0.15) is 11.9 Å². The first-order chi connectivity index (χ1) is 7.04. The number of ether oxygens (including phenoxy) is 1. The Morgan fingerprint density at radius 2 is 2.27 bits per heavy atom. The van der Waals surface area contributed by atoms with Crippen LogP contribution in [0.2, 0.25) is 0 Å². The summed E-state index contributed by atoms with van der Waals surface area (Å²) < 4.78 is 17.4. The van der Waals surface area contributed by atoms with E-state index in [4.69, 9.17) is 5.73 Å². The number of carbonyl (C=O) groups excluding carboxylic acids is 1. The Kier molecular flexibility index (Phi) is 3.80. The van der Waals surface area contributed by atoms with Crippen molar-refractivity contribution in [3.8, 4) is 0 Å². The van der Waals surface area contributed by atoms with E-state index in [1.54, 1.807) is 19.1 Å². The van der Waals surface area contributed by atoms with Gasteiger partial charge >= 0.3 is 5.97 Å². The van der Waals surface area contributed by atoms with Crippen LogP contribution < -0.4 is 5.73 Å². The molecular weight excluding hydrogens is 197 g/mol. The monoisotopic (exact) mass is 211 g/mol. The number of halogens is 1. The molecule has 0 saturated carbocycles. The molecule has 0 heterocycles. The lowest BCUT2D eigenvalue weighted by Crippen LogP contribution is -2.33. The van der Waals surface area contributed by atoms with Crippen LogP contribution in [0.4, 0.5) is 4.39 Å². The summed E-state index contributed by atoms with van der Waals surface area (Å²) in [6, 6.07) is 3.97. The summed E-state index contributed by atoms with van der Waals surface area (Å²) in [6.45, 7) is 1.67. The number of aryl methyl sites for hydroxylation is 1. The van der Waals surface area contributed by atoms with Crippen molar-refractivity contribution < 1.29 is 13.9 Å². The van der Waals surface area contributed by atoms with Crippen LogP contribution in [0.15, 0.2) is 18.2 Å². The fraction of sp³-hybridized carbons (Fsp3) is 0.364. The van der Waals surface area contributed by atoms with Crippen LogP contribution in [0.5, 0.6) is 0 Å². The molecule has 1 aromatic carbocycles. The van der Waals surface area contributed by atoms with Crippen molar-refractivity contribution in [2.75, 3.05) is 7.11 Å². The largest absolute Gasteiger partial charge is 0.468 e. The molecule has 0 aliphatic rings. The first-order valence-electron chi connectivity index (χ1n) is 4.63. The summed E-state index contributed by atoms with van der Waals surface area (Å²) >= 11 is 0. The number of hydrogen-bond acceptors (Lipinski definition) is 3. The molecule has 0 unspecified atom stereocenters. The van der Waals surface area contributed by atoms with Crippen molar-refractivity contribution in [3.63, 3.8) is 0 Å². The SMILES string of the molecule is COC(=O)[C@@H](N)Cc1ccc(F)c(C)c1. The van der Waals surface area contributed by atoms with Gasteiger partial charge in [-0.2, -0.15) is 0 Å². The molecule has 0 aliphatic carbocycles. The molecule has 0 aliphatic heterocycles. The molecule has 0 spiro atoms. The molecule has 0 fully saturated rings. The van der Waals surface area contributed by atoms with E-state index in [9.17, 15) is 9.18 Å². The van der Waals surface area contributed by atoms with Gasteiger partial charge in [0.05, 0.1) is 7.11 Å². The van der Waals surface area contributed by atoms with Gasteiger partial charge in [0.25, 0.3) is 0 Å². The third-order valence-corrected chi connectivity index (χ3v) is 2.18. The van der Waals surface area contributed by atoms with Gasteiger partial charge in [0.2, 0.25) is 0 Å². The summed E-state index contributed by atoms with van der Waals surface area (Å²) in [4.78, 5) is 11.0. The van der Waals surface area contributed by atoms with E-state index in [0.717, 1.165) is 5.56 Å². The van der Waals surface area contributed by atoms with Gasteiger partial charge in [-0.1, -0.05) is 12.1 Å². The topological polar surface area (TPSA) is 52.3 Å². The number of esters is 1. The van der Waals surface area contributed by atoms with Crippen molar-refractivity contribution in [3.05, 3.63) is 35.1 Å². The minimum Gasteiger partial charge on any atom is -0.468 e. The van der Waals surface area contributed by atoms with Gasteiger partial charge in [-0.15, -0.1) is 0 Å². The van der Waals surface area contributed by atoms with Crippen molar-refractivity contribution in [2.24, 2.45) is 5.73 Å². The van der Waals surface area contributed by atoms with Gasteiger partial charge in [0.15, 0.2) is 0 Å². The van der Waals surface area contributed by atoms with Crippen molar-refractivity contribution in [1.29, 1.82) is 0 Å². The van der Waals surface area contributed by atoms with Gasteiger partial charge in [-0.05, 0) is 30.5 Å². The predicted molar refractivity (Wildman–Crippen MR) is 54.8 cm³/mol. The zero-order valence-corrected chi connectivity index (χ0v) is 8.79. The highest BCUT2D eigenvalue weighted by molar-refractivity contribution is 5.75. The second kappa shape index (κ2) is 4.89. The molecule has 1 aromatic rings. The number of nitrogens with two attached hydrogens (primary N) is 1. The quantitative estimate of drug-likeness (QED) is 0.764. The maximum Gasteiger partial charge on any atom is 0.322 e. The number of hydrogen-bond donors (Lipinski definition) is 1. The first kappa shape index (κ1) is 11.7. The normalized spacial score (nSPS) is 12.3. The van der Waals surface area contributed by atoms with Gasteiger partial charge < -0.3 is 10.5 Å². The van der Waals surface area contributed by atoms with Gasteiger partial charge in [-0.25, -0.2) is 4.39 Å². The van der Waals surface area contributed by atoms with Crippen LogP contribution in [-0.4, -0.2) is 19.1 Å². The highest BCUT2D eigenvalue weighted by Gasteiger charge is 2.14. The van der Waals surface area contributed by atoms with Crippen LogP contribution >= 0.6 is 0 Å². The third kappa shape index (κ3) is 3.02. The molecule has 82 valence electrons. The molecule has 1 atom stereocenters. The fourth-order valence-corrected chi connectivity index (χ4v) is 1.32. The first-order valence-corrected chi connectivity index (χ1v) is 4.63. The Hall–Kier alpha value is -1.42. The maximum atomic E-state index is 12.9. The average Bonchev–Trinajstić information content (AvgIpc) is 2.22.